The van der Waals surface area contributed by atoms with Gasteiger partial charge in [-0.25, -0.2) is 14.2 Å². The molecule has 1 aromatic heterocycles. The SMILES string of the molecule is N=C(CF)NCCC[C@H](NC(=O)c1ccccc1C(=O)O)c1nc2ccccc2[nH]1. The predicted molar refractivity (Wildman–Crippen MR) is 111 cm³/mol. The number of hydrogen-bond donors (Lipinski definition) is 5. The number of amides is 1. The van der Waals surface area contributed by atoms with Crippen LogP contribution in [0.2, 0.25) is 0 Å². The monoisotopic (exact) mass is 411 g/mol. The van der Waals surface area contributed by atoms with E-state index in [1.807, 2.05) is 24.3 Å². The molecule has 0 aliphatic heterocycles. The third-order valence-corrected chi connectivity index (χ3v) is 4.59. The number of rotatable bonds is 9. The third kappa shape index (κ3) is 4.99. The number of aromatic carboxylic acids is 1. The van der Waals surface area contributed by atoms with Crippen LogP contribution in [0, 0.1) is 5.41 Å². The minimum atomic E-state index is -1.19. The molecule has 0 bridgehead atoms. The van der Waals surface area contributed by atoms with E-state index in [4.69, 9.17) is 5.41 Å². The number of nitrogens with one attached hydrogen (secondary N) is 4. The molecule has 5 N–H and O–H groups in total. The number of carboxylic acids is 1. The highest BCUT2D eigenvalue weighted by Crippen LogP contribution is 2.21. The van der Waals surface area contributed by atoms with Gasteiger partial charge in [0, 0.05) is 6.54 Å². The molecule has 1 heterocycles. The summed E-state index contributed by atoms with van der Waals surface area (Å²) in [5.74, 6) is -1.37. The lowest BCUT2D eigenvalue weighted by Gasteiger charge is -2.18. The van der Waals surface area contributed by atoms with Crippen LogP contribution in [-0.2, 0) is 0 Å². The lowest BCUT2D eigenvalue weighted by Crippen LogP contribution is -2.32. The van der Waals surface area contributed by atoms with Gasteiger partial charge < -0.3 is 20.7 Å². The summed E-state index contributed by atoms with van der Waals surface area (Å²) in [5, 5.41) is 22.2. The van der Waals surface area contributed by atoms with E-state index >= 15 is 0 Å². The molecule has 0 radical (unpaired) electrons. The number of alkyl halides is 1. The van der Waals surface area contributed by atoms with Crippen LogP contribution in [-0.4, -0.2) is 46.0 Å². The van der Waals surface area contributed by atoms with E-state index < -0.39 is 24.6 Å². The molecular formula is C21H22FN5O3. The number of carbonyl (C=O) groups is 2. The quantitative estimate of drug-likeness (QED) is 0.210. The molecule has 0 aliphatic rings. The van der Waals surface area contributed by atoms with E-state index in [1.165, 1.54) is 12.1 Å². The second-order valence-corrected chi connectivity index (χ2v) is 6.70. The molecule has 0 saturated heterocycles. The Morgan fingerprint density at radius 2 is 1.83 bits per heavy atom. The summed E-state index contributed by atoms with van der Waals surface area (Å²) in [6, 6.07) is 12.9. The fraction of sp³-hybridized carbons (Fsp3) is 0.238. The molecule has 3 aromatic rings. The number of carboxylic acid groups (broad SMARTS) is 1. The molecule has 8 nitrogen and oxygen atoms in total. The van der Waals surface area contributed by atoms with E-state index in [1.54, 1.807) is 12.1 Å². The first kappa shape index (κ1) is 21.0. The van der Waals surface area contributed by atoms with Crippen molar-refractivity contribution in [3.8, 4) is 0 Å². The highest BCUT2D eigenvalue weighted by Gasteiger charge is 2.22. The van der Waals surface area contributed by atoms with Crippen molar-refractivity contribution in [3.63, 3.8) is 0 Å². The Hall–Kier alpha value is -3.75. The highest BCUT2D eigenvalue weighted by atomic mass is 19.1. The summed E-state index contributed by atoms with van der Waals surface area (Å²) in [5.41, 5.74) is 1.53. The fourth-order valence-electron chi connectivity index (χ4n) is 3.11. The molecule has 0 saturated carbocycles. The summed E-state index contributed by atoms with van der Waals surface area (Å²) in [4.78, 5) is 32.0. The van der Waals surface area contributed by atoms with Gasteiger partial charge in [0.25, 0.3) is 5.91 Å². The van der Waals surface area contributed by atoms with Gasteiger partial charge in [-0.05, 0) is 37.1 Å². The number of nitrogens with zero attached hydrogens (tertiary/aromatic N) is 1. The summed E-state index contributed by atoms with van der Waals surface area (Å²) >= 11 is 0. The van der Waals surface area contributed by atoms with Gasteiger partial charge in [0.05, 0.1) is 28.2 Å². The van der Waals surface area contributed by atoms with Crippen LogP contribution in [0.25, 0.3) is 11.0 Å². The molecule has 30 heavy (non-hydrogen) atoms. The van der Waals surface area contributed by atoms with Crippen molar-refractivity contribution in [1.82, 2.24) is 20.6 Å². The Morgan fingerprint density at radius 1 is 1.13 bits per heavy atom. The molecule has 1 atom stereocenters. The van der Waals surface area contributed by atoms with Gasteiger partial charge >= 0.3 is 5.97 Å². The summed E-state index contributed by atoms with van der Waals surface area (Å²) in [6.07, 6.45) is 0.984. The smallest absolute Gasteiger partial charge is 0.336 e. The van der Waals surface area contributed by atoms with Gasteiger partial charge in [-0.2, -0.15) is 0 Å². The average molecular weight is 411 g/mol. The van der Waals surface area contributed by atoms with Gasteiger partial charge in [-0.1, -0.05) is 24.3 Å². The van der Waals surface area contributed by atoms with Crippen LogP contribution in [0.1, 0.15) is 45.4 Å². The van der Waals surface area contributed by atoms with Crippen molar-refractivity contribution in [2.45, 2.75) is 18.9 Å². The number of para-hydroxylation sites is 2. The van der Waals surface area contributed by atoms with E-state index in [0.717, 1.165) is 11.0 Å². The Bertz CT molecular complexity index is 1030. The standard InChI is InChI=1S/C21H22FN5O3/c22-12-18(23)24-11-5-10-17(19-25-15-8-3-4-9-16(15)26-19)27-20(28)13-6-1-2-7-14(13)21(29)30/h1-4,6-9,17H,5,10-12H2,(H2,23,24)(H,25,26)(H,27,28)(H,29,30)/t17-/m0/s1. The maximum atomic E-state index is 12.8. The maximum Gasteiger partial charge on any atom is 0.336 e. The van der Waals surface area contributed by atoms with E-state index in [9.17, 15) is 19.1 Å². The molecule has 1 amide bonds. The second-order valence-electron chi connectivity index (χ2n) is 6.70. The number of aromatic amines is 1. The number of aromatic nitrogens is 2. The Kier molecular flexibility index (Phi) is 6.74. The summed E-state index contributed by atoms with van der Waals surface area (Å²) in [7, 11) is 0. The Balaban J connectivity index is 1.81. The third-order valence-electron chi connectivity index (χ3n) is 4.59. The van der Waals surface area contributed by atoms with Crippen LogP contribution < -0.4 is 10.6 Å². The Morgan fingerprint density at radius 3 is 2.53 bits per heavy atom. The number of fused-ring (bicyclic) bond motifs is 1. The van der Waals surface area contributed by atoms with E-state index in [-0.39, 0.29) is 17.0 Å². The number of H-pyrrole nitrogens is 1. The topological polar surface area (TPSA) is 131 Å². The fourth-order valence-corrected chi connectivity index (χ4v) is 3.11. The first-order valence-corrected chi connectivity index (χ1v) is 9.44. The lowest BCUT2D eigenvalue weighted by molar-refractivity contribution is 0.0690. The number of carbonyl (C=O) groups excluding carboxylic acids is 1. The molecule has 0 spiro atoms. The zero-order chi connectivity index (χ0) is 21.5. The predicted octanol–water partition coefficient (Wildman–Crippen LogP) is 3.05. The average Bonchev–Trinajstić information content (AvgIpc) is 3.19. The maximum absolute atomic E-state index is 12.8. The zero-order valence-electron chi connectivity index (χ0n) is 16.1. The number of benzene rings is 2. The number of halogens is 1. The molecule has 9 heteroatoms. The van der Waals surface area contributed by atoms with Crippen molar-refractivity contribution in [2.24, 2.45) is 0 Å². The Labute approximate surface area is 172 Å². The van der Waals surface area contributed by atoms with Gasteiger partial charge in [0.1, 0.15) is 18.3 Å². The molecule has 2 aromatic carbocycles. The first-order valence-electron chi connectivity index (χ1n) is 9.44. The lowest BCUT2D eigenvalue weighted by atomic mass is 10.1. The summed E-state index contributed by atoms with van der Waals surface area (Å²) in [6.45, 7) is -0.503. The van der Waals surface area contributed by atoms with E-state index in [2.05, 4.69) is 20.6 Å². The van der Waals surface area contributed by atoms with Crippen LogP contribution in [0.3, 0.4) is 0 Å². The van der Waals surface area contributed by atoms with Crippen LogP contribution in [0.4, 0.5) is 4.39 Å². The minimum Gasteiger partial charge on any atom is -0.478 e. The molecule has 156 valence electrons. The van der Waals surface area contributed by atoms with Crippen molar-refractivity contribution in [2.75, 3.05) is 13.2 Å². The molecule has 3 rings (SSSR count). The second kappa shape index (κ2) is 9.64. The van der Waals surface area contributed by atoms with Gasteiger partial charge in [-0.3, -0.25) is 10.2 Å². The normalized spacial score (nSPS) is 11.8. The van der Waals surface area contributed by atoms with E-state index in [0.29, 0.717) is 25.2 Å². The van der Waals surface area contributed by atoms with Gasteiger partial charge in [-0.15, -0.1) is 0 Å². The number of hydrogen-bond acceptors (Lipinski definition) is 4. The molecular weight excluding hydrogens is 389 g/mol. The van der Waals surface area contributed by atoms with Gasteiger partial charge in [0.2, 0.25) is 0 Å². The molecule has 0 aliphatic carbocycles. The first-order chi connectivity index (χ1) is 14.5. The summed E-state index contributed by atoms with van der Waals surface area (Å²) < 4.78 is 12.4. The van der Waals surface area contributed by atoms with Crippen LogP contribution in [0.5, 0.6) is 0 Å². The number of amidine groups is 1. The van der Waals surface area contributed by atoms with Crippen molar-refractivity contribution >= 4 is 28.7 Å². The van der Waals surface area contributed by atoms with Crippen molar-refractivity contribution in [3.05, 3.63) is 65.5 Å². The van der Waals surface area contributed by atoms with Gasteiger partial charge in [0.15, 0.2) is 0 Å². The number of imidazole rings is 1. The zero-order valence-corrected chi connectivity index (χ0v) is 16.1. The minimum absolute atomic E-state index is 0.0587. The van der Waals surface area contributed by atoms with Crippen LogP contribution >= 0.6 is 0 Å². The highest BCUT2D eigenvalue weighted by molar-refractivity contribution is 6.04. The molecule has 0 unspecified atom stereocenters. The van der Waals surface area contributed by atoms with Crippen LogP contribution in [0.15, 0.2) is 48.5 Å². The van der Waals surface area contributed by atoms with Crippen molar-refractivity contribution in [1.29, 1.82) is 5.41 Å². The largest absolute Gasteiger partial charge is 0.478 e. The molecule has 0 fully saturated rings. The van der Waals surface area contributed by atoms with Crippen molar-refractivity contribution < 1.29 is 19.1 Å².